The molecule has 0 amide bonds. The van der Waals surface area contributed by atoms with Gasteiger partial charge in [0.15, 0.2) is 0 Å². The van der Waals surface area contributed by atoms with Gasteiger partial charge in [-0.25, -0.2) is 0 Å². The van der Waals surface area contributed by atoms with E-state index < -0.39 is 0 Å². The van der Waals surface area contributed by atoms with Crippen molar-refractivity contribution in [2.24, 2.45) is 5.92 Å². The van der Waals surface area contributed by atoms with Crippen LogP contribution in [0.15, 0.2) is 22.7 Å². The maximum atomic E-state index is 5.87. The zero-order chi connectivity index (χ0) is 13.5. The number of benzene rings is 1. The Labute approximate surface area is 119 Å². The number of nitrogens with one attached hydrogen (secondary N) is 1. The first kappa shape index (κ1) is 15.7. The van der Waals surface area contributed by atoms with Crippen LogP contribution in [0.3, 0.4) is 0 Å². The van der Waals surface area contributed by atoms with Gasteiger partial charge in [0.25, 0.3) is 0 Å². The molecule has 0 radical (unpaired) electrons. The molecule has 0 spiro atoms. The number of rotatable bonds is 7. The minimum Gasteiger partial charge on any atom is -0.374 e. The van der Waals surface area contributed by atoms with Gasteiger partial charge in [0.05, 0.1) is 12.7 Å². The highest BCUT2D eigenvalue weighted by atomic mass is 79.9. The minimum absolute atomic E-state index is 0.314. The van der Waals surface area contributed by atoms with Gasteiger partial charge < -0.3 is 10.1 Å². The van der Waals surface area contributed by atoms with E-state index in [-0.39, 0.29) is 0 Å². The summed E-state index contributed by atoms with van der Waals surface area (Å²) in [6, 6.07) is 6.44. The predicted molar refractivity (Wildman–Crippen MR) is 80.6 cm³/mol. The van der Waals surface area contributed by atoms with Crippen LogP contribution >= 0.6 is 15.9 Å². The standard InChI is InChI=1S/C15H24BrNO/c1-11(2)7-12(3)18-10-14-6-5-13(9-17-4)8-15(14)16/h5-6,8,11-12,17H,7,9-10H2,1-4H3. The number of hydrogen-bond acceptors (Lipinski definition) is 2. The van der Waals surface area contributed by atoms with Crippen molar-refractivity contribution in [3.05, 3.63) is 33.8 Å². The molecule has 1 rings (SSSR count). The van der Waals surface area contributed by atoms with Gasteiger partial charge in [0, 0.05) is 11.0 Å². The van der Waals surface area contributed by atoms with E-state index in [9.17, 15) is 0 Å². The number of ether oxygens (including phenoxy) is 1. The second-order valence-electron chi connectivity index (χ2n) is 5.21. The summed E-state index contributed by atoms with van der Waals surface area (Å²) in [6.07, 6.45) is 1.42. The predicted octanol–water partition coefficient (Wildman–Crippen LogP) is 4.12. The molecule has 1 aromatic carbocycles. The summed E-state index contributed by atoms with van der Waals surface area (Å²) in [6.45, 7) is 8.16. The van der Waals surface area contributed by atoms with E-state index in [1.54, 1.807) is 0 Å². The summed E-state index contributed by atoms with van der Waals surface area (Å²) in [5, 5.41) is 3.15. The van der Waals surface area contributed by atoms with Gasteiger partial charge in [-0.3, -0.25) is 0 Å². The second-order valence-corrected chi connectivity index (χ2v) is 6.06. The van der Waals surface area contributed by atoms with Gasteiger partial charge in [-0.1, -0.05) is 41.9 Å². The molecular weight excluding hydrogens is 290 g/mol. The van der Waals surface area contributed by atoms with Crippen LogP contribution in [0.25, 0.3) is 0 Å². The smallest absolute Gasteiger partial charge is 0.0731 e. The van der Waals surface area contributed by atoms with Gasteiger partial charge in [-0.15, -0.1) is 0 Å². The molecule has 0 saturated carbocycles. The highest BCUT2D eigenvalue weighted by molar-refractivity contribution is 9.10. The molecule has 0 saturated heterocycles. The zero-order valence-corrected chi connectivity index (χ0v) is 13.4. The van der Waals surface area contributed by atoms with Gasteiger partial charge in [-0.2, -0.15) is 0 Å². The summed E-state index contributed by atoms with van der Waals surface area (Å²) < 4.78 is 7.01. The Balaban J connectivity index is 2.52. The fraction of sp³-hybridized carbons (Fsp3) is 0.600. The molecule has 0 bridgehead atoms. The molecule has 0 heterocycles. The van der Waals surface area contributed by atoms with Gasteiger partial charge in [-0.05, 0) is 43.5 Å². The Morgan fingerprint density at radius 3 is 2.56 bits per heavy atom. The highest BCUT2D eigenvalue weighted by Gasteiger charge is 2.07. The fourth-order valence-corrected chi connectivity index (χ4v) is 2.53. The van der Waals surface area contributed by atoms with Crippen LogP contribution in [0.2, 0.25) is 0 Å². The number of halogens is 1. The Bertz CT molecular complexity index is 366. The SMILES string of the molecule is CNCc1ccc(COC(C)CC(C)C)c(Br)c1. The summed E-state index contributed by atoms with van der Waals surface area (Å²) in [7, 11) is 1.96. The van der Waals surface area contributed by atoms with Crippen molar-refractivity contribution in [2.45, 2.75) is 46.4 Å². The Morgan fingerprint density at radius 1 is 1.28 bits per heavy atom. The monoisotopic (exact) mass is 313 g/mol. The molecule has 102 valence electrons. The summed E-state index contributed by atoms with van der Waals surface area (Å²) in [5.74, 6) is 0.682. The topological polar surface area (TPSA) is 21.3 Å². The van der Waals surface area contributed by atoms with Crippen LogP contribution in [0, 0.1) is 5.92 Å². The molecule has 2 nitrogen and oxygen atoms in total. The number of hydrogen-bond donors (Lipinski definition) is 1. The maximum Gasteiger partial charge on any atom is 0.0731 e. The first-order valence-corrected chi connectivity index (χ1v) is 7.35. The third-order valence-electron chi connectivity index (χ3n) is 2.83. The second kappa shape index (κ2) is 7.93. The maximum absolute atomic E-state index is 5.87. The zero-order valence-electron chi connectivity index (χ0n) is 11.8. The molecule has 1 atom stereocenters. The lowest BCUT2D eigenvalue weighted by molar-refractivity contribution is 0.0394. The normalized spacial score (nSPS) is 13.0. The first-order chi connectivity index (χ1) is 8.52. The van der Waals surface area contributed by atoms with Crippen molar-refractivity contribution in [1.82, 2.24) is 5.32 Å². The van der Waals surface area contributed by atoms with Crippen LogP contribution in [-0.2, 0) is 17.9 Å². The molecular formula is C15H24BrNO. The van der Waals surface area contributed by atoms with Crippen LogP contribution in [0.5, 0.6) is 0 Å². The van der Waals surface area contributed by atoms with Crippen LogP contribution in [0.1, 0.15) is 38.3 Å². The lowest BCUT2D eigenvalue weighted by atomic mass is 10.1. The van der Waals surface area contributed by atoms with Gasteiger partial charge in [0.1, 0.15) is 0 Å². The van der Waals surface area contributed by atoms with Crippen molar-refractivity contribution in [3.8, 4) is 0 Å². The van der Waals surface area contributed by atoms with Gasteiger partial charge in [0.2, 0.25) is 0 Å². The van der Waals surface area contributed by atoms with E-state index in [0.717, 1.165) is 17.4 Å². The molecule has 18 heavy (non-hydrogen) atoms. The van der Waals surface area contributed by atoms with Crippen molar-refractivity contribution in [1.29, 1.82) is 0 Å². The van der Waals surface area contributed by atoms with E-state index in [1.807, 2.05) is 7.05 Å². The lowest BCUT2D eigenvalue weighted by Crippen LogP contribution is -2.11. The average molecular weight is 314 g/mol. The van der Waals surface area contributed by atoms with E-state index in [1.165, 1.54) is 11.1 Å². The molecule has 0 aliphatic rings. The summed E-state index contributed by atoms with van der Waals surface area (Å²) in [4.78, 5) is 0. The average Bonchev–Trinajstić information content (AvgIpc) is 2.27. The lowest BCUT2D eigenvalue weighted by Gasteiger charge is -2.16. The van der Waals surface area contributed by atoms with Crippen molar-refractivity contribution < 1.29 is 4.74 Å². The quantitative estimate of drug-likeness (QED) is 0.817. The molecule has 0 aliphatic heterocycles. The van der Waals surface area contributed by atoms with Crippen molar-refractivity contribution >= 4 is 15.9 Å². The molecule has 3 heteroatoms. The first-order valence-electron chi connectivity index (χ1n) is 6.56. The summed E-state index contributed by atoms with van der Waals surface area (Å²) in [5.41, 5.74) is 2.49. The van der Waals surface area contributed by atoms with E-state index in [2.05, 4.69) is 60.2 Å². The highest BCUT2D eigenvalue weighted by Crippen LogP contribution is 2.21. The molecule has 0 aliphatic carbocycles. The van der Waals surface area contributed by atoms with Crippen LogP contribution in [-0.4, -0.2) is 13.2 Å². The third-order valence-corrected chi connectivity index (χ3v) is 3.56. The van der Waals surface area contributed by atoms with E-state index in [4.69, 9.17) is 4.74 Å². The third kappa shape index (κ3) is 5.51. The van der Waals surface area contributed by atoms with Gasteiger partial charge >= 0.3 is 0 Å². The van der Waals surface area contributed by atoms with E-state index in [0.29, 0.717) is 18.6 Å². The molecule has 1 N–H and O–H groups in total. The molecule has 0 fully saturated rings. The Morgan fingerprint density at radius 2 is 2.00 bits per heavy atom. The van der Waals surface area contributed by atoms with Crippen molar-refractivity contribution in [2.75, 3.05) is 7.05 Å². The molecule has 1 unspecified atom stereocenters. The summed E-state index contributed by atoms with van der Waals surface area (Å²) >= 11 is 3.61. The largest absolute Gasteiger partial charge is 0.374 e. The minimum atomic E-state index is 0.314. The Hall–Kier alpha value is -0.380. The van der Waals surface area contributed by atoms with E-state index >= 15 is 0 Å². The van der Waals surface area contributed by atoms with Crippen LogP contribution in [0.4, 0.5) is 0 Å². The van der Waals surface area contributed by atoms with Crippen LogP contribution < -0.4 is 5.32 Å². The molecule has 0 aromatic heterocycles. The fourth-order valence-electron chi connectivity index (χ4n) is 1.99. The Kier molecular flexibility index (Phi) is 6.90. The molecule has 1 aromatic rings. The van der Waals surface area contributed by atoms with Crippen molar-refractivity contribution in [3.63, 3.8) is 0 Å².